The number of benzene rings is 1. The number of carbonyl (C=O) groups is 2. The van der Waals surface area contributed by atoms with Crippen LogP contribution < -0.4 is 10.2 Å². The summed E-state index contributed by atoms with van der Waals surface area (Å²) in [6.07, 6.45) is 5.90. The van der Waals surface area contributed by atoms with Crippen LogP contribution in [0.5, 0.6) is 0 Å². The maximum Gasteiger partial charge on any atom is 0.276 e. The molecule has 26 heavy (non-hydrogen) atoms. The summed E-state index contributed by atoms with van der Waals surface area (Å²) in [5.74, 6) is -0.333. The summed E-state index contributed by atoms with van der Waals surface area (Å²) >= 11 is 0. The number of carbonyl (C=O) groups excluding carboxylic acids is 2. The van der Waals surface area contributed by atoms with Gasteiger partial charge in [-0.05, 0) is 56.5 Å². The molecule has 0 radical (unpaired) electrons. The van der Waals surface area contributed by atoms with Gasteiger partial charge in [-0.2, -0.15) is 0 Å². The largest absolute Gasteiger partial charge is 0.349 e. The molecular formula is C21H25N3O2. The van der Waals surface area contributed by atoms with E-state index >= 15 is 0 Å². The van der Waals surface area contributed by atoms with Crippen molar-refractivity contribution in [2.75, 3.05) is 11.4 Å². The summed E-state index contributed by atoms with van der Waals surface area (Å²) in [5, 5.41) is 3.05. The van der Waals surface area contributed by atoms with E-state index in [1.54, 1.807) is 17.0 Å². The van der Waals surface area contributed by atoms with Crippen LogP contribution in [0.1, 0.15) is 59.0 Å². The third-order valence-corrected chi connectivity index (χ3v) is 4.81. The van der Waals surface area contributed by atoms with Crippen LogP contribution in [0.15, 0.2) is 42.6 Å². The van der Waals surface area contributed by atoms with Crippen molar-refractivity contribution in [3.05, 3.63) is 59.4 Å². The smallest absolute Gasteiger partial charge is 0.276 e. The summed E-state index contributed by atoms with van der Waals surface area (Å²) in [4.78, 5) is 31.3. The summed E-state index contributed by atoms with van der Waals surface area (Å²) < 4.78 is 0. The summed E-state index contributed by atoms with van der Waals surface area (Å²) in [6, 6.07) is 11.3. The van der Waals surface area contributed by atoms with Crippen molar-refractivity contribution < 1.29 is 9.59 Å². The first-order valence-electron chi connectivity index (χ1n) is 9.24. The van der Waals surface area contributed by atoms with E-state index in [4.69, 9.17) is 0 Å². The molecular weight excluding hydrogens is 326 g/mol. The van der Waals surface area contributed by atoms with E-state index in [9.17, 15) is 9.59 Å². The molecule has 3 rings (SSSR count). The van der Waals surface area contributed by atoms with Crippen LogP contribution in [0.2, 0.25) is 0 Å². The highest BCUT2D eigenvalue weighted by Gasteiger charge is 2.21. The van der Waals surface area contributed by atoms with E-state index in [2.05, 4.69) is 10.3 Å². The van der Waals surface area contributed by atoms with Gasteiger partial charge >= 0.3 is 0 Å². The summed E-state index contributed by atoms with van der Waals surface area (Å²) in [7, 11) is 0. The lowest BCUT2D eigenvalue weighted by molar-refractivity contribution is 0.0937. The molecule has 136 valence electrons. The number of pyridine rings is 1. The highest BCUT2D eigenvalue weighted by Crippen LogP contribution is 2.20. The van der Waals surface area contributed by atoms with Crippen molar-refractivity contribution in [3.8, 4) is 0 Å². The van der Waals surface area contributed by atoms with Gasteiger partial charge in [-0.1, -0.05) is 25.0 Å². The van der Waals surface area contributed by atoms with Crippen LogP contribution in [0, 0.1) is 6.92 Å². The first kappa shape index (κ1) is 18.1. The van der Waals surface area contributed by atoms with E-state index in [1.165, 1.54) is 6.20 Å². The van der Waals surface area contributed by atoms with Gasteiger partial charge in [-0.3, -0.25) is 14.6 Å². The number of hydrogen-bond acceptors (Lipinski definition) is 3. The van der Waals surface area contributed by atoms with Gasteiger partial charge in [0.1, 0.15) is 5.69 Å². The number of anilines is 1. The van der Waals surface area contributed by atoms with E-state index in [0.29, 0.717) is 12.1 Å². The fourth-order valence-electron chi connectivity index (χ4n) is 3.41. The average Bonchev–Trinajstić information content (AvgIpc) is 3.15. The first-order chi connectivity index (χ1) is 12.6. The maximum atomic E-state index is 12.9. The lowest BCUT2D eigenvalue weighted by Crippen LogP contribution is -2.34. The maximum absolute atomic E-state index is 12.9. The Morgan fingerprint density at radius 1 is 1.19 bits per heavy atom. The molecule has 0 aliphatic heterocycles. The number of hydrogen-bond donors (Lipinski definition) is 1. The molecule has 5 nitrogen and oxygen atoms in total. The van der Waals surface area contributed by atoms with E-state index in [-0.39, 0.29) is 23.6 Å². The fraction of sp³-hybridized carbons (Fsp3) is 0.381. The lowest BCUT2D eigenvalue weighted by atomic mass is 10.1. The molecule has 1 aliphatic rings. The number of aromatic nitrogens is 1. The van der Waals surface area contributed by atoms with E-state index in [0.717, 1.165) is 36.9 Å². The van der Waals surface area contributed by atoms with E-state index in [1.807, 2.05) is 38.1 Å². The third kappa shape index (κ3) is 4.10. The van der Waals surface area contributed by atoms with Gasteiger partial charge < -0.3 is 10.2 Å². The van der Waals surface area contributed by atoms with Crippen molar-refractivity contribution in [2.24, 2.45) is 0 Å². The monoisotopic (exact) mass is 351 g/mol. The molecule has 1 N–H and O–H groups in total. The predicted molar refractivity (Wildman–Crippen MR) is 102 cm³/mol. The van der Waals surface area contributed by atoms with Crippen LogP contribution >= 0.6 is 0 Å². The molecule has 0 atom stereocenters. The Kier molecular flexibility index (Phi) is 5.66. The molecule has 0 saturated heterocycles. The predicted octanol–water partition coefficient (Wildman–Crippen LogP) is 3.73. The van der Waals surface area contributed by atoms with E-state index < -0.39 is 0 Å². The molecule has 2 amide bonds. The minimum atomic E-state index is -0.200. The number of amides is 2. The quantitative estimate of drug-likeness (QED) is 0.893. The van der Waals surface area contributed by atoms with Crippen LogP contribution in [0.25, 0.3) is 0 Å². The topological polar surface area (TPSA) is 62.3 Å². The van der Waals surface area contributed by atoms with Gasteiger partial charge in [-0.15, -0.1) is 0 Å². The zero-order chi connectivity index (χ0) is 18.5. The minimum absolute atomic E-state index is 0.132. The number of aryl methyl sites for hydroxylation is 1. The third-order valence-electron chi connectivity index (χ3n) is 4.81. The second kappa shape index (κ2) is 8.13. The molecule has 1 aromatic carbocycles. The van der Waals surface area contributed by atoms with Crippen molar-refractivity contribution >= 4 is 17.5 Å². The van der Waals surface area contributed by atoms with Crippen molar-refractivity contribution in [1.29, 1.82) is 0 Å². The summed E-state index contributed by atoms with van der Waals surface area (Å²) in [5.41, 5.74) is 2.69. The normalized spacial score (nSPS) is 14.2. The van der Waals surface area contributed by atoms with Crippen LogP contribution in [0.4, 0.5) is 5.69 Å². The molecule has 1 aromatic heterocycles. The molecule has 0 unspecified atom stereocenters. The van der Waals surface area contributed by atoms with Gasteiger partial charge in [0, 0.05) is 30.0 Å². The van der Waals surface area contributed by atoms with Crippen molar-refractivity contribution in [3.63, 3.8) is 0 Å². The average molecular weight is 351 g/mol. The van der Waals surface area contributed by atoms with Crippen LogP contribution in [-0.2, 0) is 0 Å². The lowest BCUT2D eigenvalue weighted by Gasteiger charge is -2.21. The van der Waals surface area contributed by atoms with Gasteiger partial charge in [-0.25, -0.2) is 0 Å². The molecule has 5 heteroatoms. The Morgan fingerprint density at radius 3 is 2.65 bits per heavy atom. The summed E-state index contributed by atoms with van der Waals surface area (Å²) in [6.45, 7) is 4.45. The fourth-order valence-corrected chi connectivity index (χ4v) is 3.41. The SMILES string of the molecule is CCN(C(=O)c1cc(C(=O)NC2CCCC2)ccn1)c1cccc(C)c1. The molecule has 1 heterocycles. The number of nitrogens with zero attached hydrogens (tertiary/aromatic N) is 2. The van der Waals surface area contributed by atoms with Crippen molar-refractivity contribution in [2.45, 2.75) is 45.6 Å². The molecule has 1 fully saturated rings. The Bertz CT molecular complexity index is 797. The van der Waals surface area contributed by atoms with Gasteiger partial charge in [0.15, 0.2) is 0 Å². The highest BCUT2D eigenvalue weighted by atomic mass is 16.2. The van der Waals surface area contributed by atoms with Crippen LogP contribution in [0.3, 0.4) is 0 Å². The molecule has 0 bridgehead atoms. The molecule has 2 aromatic rings. The highest BCUT2D eigenvalue weighted by molar-refractivity contribution is 6.06. The Hall–Kier alpha value is -2.69. The Labute approximate surface area is 154 Å². The Morgan fingerprint density at radius 2 is 1.96 bits per heavy atom. The van der Waals surface area contributed by atoms with Crippen molar-refractivity contribution in [1.82, 2.24) is 10.3 Å². The molecule has 0 spiro atoms. The Balaban J connectivity index is 1.79. The molecule has 1 aliphatic carbocycles. The molecule has 1 saturated carbocycles. The zero-order valence-corrected chi connectivity index (χ0v) is 15.4. The van der Waals surface area contributed by atoms with Crippen LogP contribution in [-0.4, -0.2) is 29.4 Å². The number of rotatable bonds is 5. The minimum Gasteiger partial charge on any atom is -0.349 e. The van der Waals surface area contributed by atoms with Gasteiger partial charge in [0.25, 0.3) is 11.8 Å². The van der Waals surface area contributed by atoms with Gasteiger partial charge in [0.05, 0.1) is 0 Å². The first-order valence-corrected chi connectivity index (χ1v) is 9.24. The second-order valence-corrected chi connectivity index (χ2v) is 6.77. The second-order valence-electron chi connectivity index (χ2n) is 6.77. The number of nitrogens with one attached hydrogen (secondary N) is 1. The zero-order valence-electron chi connectivity index (χ0n) is 15.4. The standard InChI is InChI=1S/C21H25N3O2/c1-3-24(18-10-6-7-15(2)13-18)21(26)19-14-16(11-12-22-19)20(25)23-17-8-4-5-9-17/h6-7,10-14,17H,3-5,8-9H2,1-2H3,(H,23,25). The van der Waals surface area contributed by atoms with Gasteiger partial charge in [0.2, 0.25) is 0 Å².